The van der Waals surface area contributed by atoms with Crippen LogP contribution >= 0.6 is 15.9 Å². The second kappa shape index (κ2) is 5.74. The topological polar surface area (TPSA) is 49.4 Å². The summed E-state index contributed by atoms with van der Waals surface area (Å²) in [6.45, 7) is 3.97. The largest absolute Gasteiger partial charge is 0.345 e. The van der Waals surface area contributed by atoms with Gasteiger partial charge in [-0.25, -0.2) is 0 Å². The summed E-state index contributed by atoms with van der Waals surface area (Å²) in [5.74, 6) is -0.0946. The van der Waals surface area contributed by atoms with Gasteiger partial charge in [-0.1, -0.05) is 35.0 Å². The highest BCUT2D eigenvalue weighted by Crippen LogP contribution is 2.27. The van der Waals surface area contributed by atoms with E-state index in [0.29, 0.717) is 6.42 Å². The molecule has 1 heterocycles. The van der Waals surface area contributed by atoms with Crippen molar-refractivity contribution in [2.75, 3.05) is 6.54 Å². The van der Waals surface area contributed by atoms with E-state index in [1.165, 1.54) is 0 Å². The van der Waals surface area contributed by atoms with E-state index in [0.717, 1.165) is 10.0 Å². The van der Waals surface area contributed by atoms with E-state index in [9.17, 15) is 9.59 Å². The maximum Gasteiger partial charge on any atom is 0.243 e. The maximum absolute atomic E-state index is 12.1. The molecule has 2 unspecified atom stereocenters. The van der Waals surface area contributed by atoms with Crippen molar-refractivity contribution >= 4 is 27.7 Å². The van der Waals surface area contributed by atoms with Gasteiger partial charge in [-0.15, -0.1) is 0 Å². The van der Waals surface area contributed by atoms with Crippen molar-refractivity contribution in [3.05, 3.63) is 34.3 Å². The molecule has 0 bridgehead atoms. The van der Waals surface area contributed by atoms with Crippen LogP contribution in [0, 0.1) is 0 Å². The second-order valence-corrected chi connectivity index (χ2v) is 5.59. The number of piperazine rings is 1. The van der Waals surface area contributed by atoms with Crippen molar-refractivity contribution in [3.8, 4) is 0 Å². The van der Waals surface area contributed by atoms with Crippen LogP contribution in [0.4, 0.5) is 0 Å². The molecule has 5 heteroatoms. The number of nitrogens with one attached hydrogen (secondary N) is 1. The van der Waals surface area contributed by atoms with Gasteiger partial charge in [0, 0.05) is 4.47 Å². The van der Waals surface area contributed by atoms with Gasteiger partial charge in [-0.05, 0) is 31.0 Å². The van der Waals surface area contributed by atoms with E-state index >= 15 is 0 Å². The van der Waals surface area contributed by atoms with Crippen molar-refractivity contribution in [2.24, 2.45) is 0 Å². The molecule has 1 aliphatic heterocycles. The molecule has 2 amide bonds. The van der Waals surface area contributed by atoms with Gasteiger partial charge in [0.15, 0.2) is 0 Å². The van der Waals surface area contributed by atoms with Crippen LogP contribution in [0.5, 0.6) is 0 Å². The summed E-state index contributed by atoms with van der Waals surface area (Å²) in [6, 6.07) is 7.35. The lowest BCUT2D eigenvalue weighted by atomic mass is 10.0. The third kappa shape index (κ3) is 2.81. The molecule has 1 saturated heterocycles. The first-order chi connectivity index (χ1) is 9.04. The molecule has 1 aliphatic rings. The van der Waals surface area contributed by atoms with Gasteiger partial charge in [-0.3, -0.25) is 9.59 Å². The number of carbonyl (C=O) groups excluding carboxylic acids is 2. The number of halogens is 1. The summed E-state index contributed by atoms with van der Waals surface area (Å²) in [5.41, 5.74) is 1.02. The first kappa shape index (κ1) is 14.1. The first-order valence-corrected chi connectivity index (χ1v) is 7.18. The Hall–Kier alpha value is -1.36. The number of hydrogen-bond donors (Lipinski definition) is 1. The van der Waals surface area contributed by atoms with E-state index in [1.54, 1.807) is 4.90 Å². The minimum absolute atomic E-state index is 0.0288. The fourth-order valence-corrected chi connectivity index (χ4v) is 2.88. The summed E-state index contributed by atoms with van der Waals surface area (Å²) < 4.78 is 0.971. The molecule has 0 radical (unpaired) electrons. The summed E-state index contributed by atoms with van der Waals surface area (Å²) in [6.07, 6.45) is 0.621. The van der Waals surface area contributed by atoms with Gasteiger partial charge < -0.3 is 10.2 Å². The molecule has 2 rings (SSSR count). The van der Waals surface area contributed by atoms with Crippen LogP contribution in [0.2, 0.25) is 0 Å². The highest BCUT2D eigenvalue weighted by molar-refractivity contribution is 9.10. The number of rotatable bonds is 3. The van der Waals surface area contributed by atoms with Crippen LogP contribution in [0.15, 0.2) is 28.7 Å². The summed E-state index contributed by atoms with van der Waals surface area (Å²) in [5, 5.41) is 2.64. The van der Waals surface area contributed by atoms with Crippen molar-refractivity contribution in [1.29, 1.82) is 0 Å². The van der Waals surface area contributed by atoms with Crippen LogP contribution in [0.25, 0.3) is 0 Å². The number of amides is 2. The van der Waals surface area contributed by atoms with Gasteiger partial charge in [0.25, 0.3) is 0 Å². The lowest BCUT2D eigenvalue weighted by Crippen LogP contribution is -2.58. The van der Waals surface area contributed by atoms with Crippen molar-refractivity contribution < 1.29 is 9.59 Å². The maximum atomic E-state index is 12.1. The number of carbonyl (C=O) groups is 2. The molecular weight excluding hydrogens is 308 g/mol. The number of hydrogen-bond acceptors (Lipinski definition) is 2. The molecule has 2 atom stereocenters. The van der Waals surface area contributed by atoms with E-state index in [-0.39, 0.29) is 30.4 Å². The van der Waals surface area contributed by atoms with E-state index in [1.807, 2.05) is 38.1 Å². The van der Waals surface area contributed by atoms with Crippen LogP contribution in [0.3, 0.4) is 0 Å². The molecule has 0 aliphatic carbocycles. The normalized spacial score (nSPS) is 21.2. The Morgan fingerprint density at radius 3 is 2.84 bits per heavy atom. The molecule has 0 spiro atoms. The average molecular weight is 325 g/mol. The standard InChI is InChI=1S/C14H17BrN2O2/c1-3-12-14(19)16-8-13(18)17(12)9(2)10-5-4-6-11(15)7-10/h4-7,9,12H,3,8H2,1-2H3,(H,16,19). The van der Waals surface area contributed by atoms with Crippen LogP contribution in [0.1, 0.15) is 31.9 Å². The van der Waals surface area contributed by atoms with Gasteiger partial charge in [0.05, 0.1) is 12.6 Å². The van der Waals surface area contributed by atoms with Gasteiger partial charge >= 0.3 is 0 Å². The zero-order chi connectivity index (χ0) is 14.0. The van der Waals surface area contributed by atoms with Gasteiger partial charge in [0.1, 0.15) is 6.04 Å². The highest BCUT2D eigenvalue weighted by Gasteiger charge is 2.36. The smallest absolute Gasteiger partial charge is 0.243 e. The van der Waals surface area contributed by atoms with Crippen molar-refractivity contribution in [1.82, 2.24) is 10.2 Å². The molecule has 1 aromatic carbocycles. The van der Waals surface area contributed by atoms with E-state index < -0.39 is 0 Å². The molecule has 19 heavy (non-hydrogen) atoms. The zero-order valence-electron chi connectivity index (χ0n) is 11.0. The minimum Gasteiger partial charge on any atom is -0.345 e. The van der Waals surface area contributed by atoms with Crippen LogP contribution in [-0.4, -0.2) is 29.3 Å². The van der Waals surface area contributed by atoms with Crippen molar-refractivity contribution in [3.63, 3.8) is 0 Å². The van der Waals surface area contributed by atoms with Crippen molar-refractivity contribution in [2.45, 2.75) is 32.4 Å². The number of benzene rings is 1. The fourth-order valence-electron chi connectivity index (χ4n) is 2.47. The predicted octanol–water partition coefficient (Wildman–Crippen LogP) is 2.25. The molecule has 1 aromatic rings. The molecule has 1 N–H and O–H groups in total. The Bertz CT molecular complexity index is 504. The predicted molar refractivity (Wildman–Crippen MR) is 76.5 cm³/mol. The highest BCUT2D eigenvalue weighted by atomic mass is 79.9. The zero-order valence-corrected chi connectivity index (χ0v) is 12.6. The number of nitrogens with zero attached hydrogens (tertiary/aromatic N) is 1. The molecule has 0 aromatic heterocycles. The average Bonchev–Trinajstić information content (AvgIpc) is 2.40. The third-order valence-corrected chi connectivity index (χ3v) is 3.97. The Morgan fingerprint density at radius 2 is 2.21 bits per heavy atom. The molecule has 4 nitrogen and oxygen atoms in total. The molecule has 1 fully saturated rings. The van der Waals surface area contributed by atoms with Crippen LogP contribution in [-0.2, 0) is 9.59 Å². The van der Waals surface area contributed by atoms with Gasteiger partial charge in [0.2, 0.25) is 11.8 Å². The fraction of sp³-hybridized carbons (Fsp3) is 0.429. The molecule has 0 saturated carbocycles. The molecule has 102 valence electrons. The molecular formula is C14H17BrN2O2. The SMILES string of the molecule is CCC1C(=O)NCC(=O)N1C(C)c1cccc(Br)c1. The summed E-state index contributed by atoms with van der Waals surface area (Å²) >= 11 is 3.43. The Balaban J connectivity index is 2.31. The third-order valence-electron chi connectivity index (χ3n) is 3.48. The second-order valence-electron chi connectivity index (χ2n) is 4.67. The van der Waals surface area contributed by atoms with E-state index in [4.69, 9.17) is 0 Å². The lowest BCUT2D eigenvalue weighted by Gasteiger charge is -2.39. The monoisotopic (exact) mass is 324 g/mol. The minimum atomic E-state index is -0.379. The summed E-state index contributed by atoms with van der Waals surface area (Å²) in [4.78, 5) is 25.7. The lowest BCUT2D eigenvalue weighted by molar-refractivity contribution is -0.148. The summed E-state index contributed by atoms with van der Waals surface area (Å²) in [7, 11) is 0. The van der Waals surface area contributed by atoms with Crippen LogP contribution < -0.4 is 5.32 Å². The quantitative estimate of drug-likeness (QED) is 0.927. The van der Waals surface area contributed by atoms with E-state index in [2.05, 4.69) is 21.2 Å². The Labute approximate surface area is 121 Å². The Morgan fingerprint density at radius 1 is 1.47 bits per heavy atom. The Kier molecular flexibility index (Phi) is 4.24. The first-order valence-electron chi connectivity index (χ1n) is 6.39. The van der Waals surface area contributed by atoms with Gasteiger partial charge in [-0.2, -0.15) is 0 Å².